The average molecular weight is 1640 g/mol. The highest BCUT2D eigenvalue weighted by molar-refractivity contribution is 7.80. The molecule has 0 fully saturated rings. The lowest BCUT2D eigenvalue weighted by Gasteiger charge is -2.18. The molecule has 0 spiro atoms. The van der Waals surface area contributed by atoms with Gasteiger partial charge in [-0.15, -0.1) is 0 Å². The van der Waals surface area contributed by atoms with Crippen LogP contribution in [0.25, 0.3) is 33.4 Å². The molecule has 1 aliphatic carbocycles. The first-order valence-electron chi connectivity index (χ1n) is 37.0. The Morgan fingerprint density at radius 3 is 1.40 bits per heavy atom. The number of imidazole rings is 2. The SMILES string of the molecule is CC(=O)N[C@H](CCNC(=O)c1cc(NC(=O)c2cc(NC(=O)c3cc(NC(=O)c4nccn4C)cn3C)cn2C)cn1C)C(=O)Nc1cn(C)c(C(=O)Nc2cc(C(=O)Nc3cc(C(=O)Nc4cc(C(=O)NCCCN(C)CCCNC(=S)Nc5ccc(-c6c7ccc(=O)cc-7oc7cc(O)ccc67)c(C(=O)O)c5)n(C)c4)n(C)c3)n(C)c2)n1. The Bertz CT molecular complexity index is 6060. The fourth-order valence-corrected chi connectivity index (χ4v) is 13.6. The maximum absolute atomic E-state index is 13.7. The van der Waals surface area contributed by atoms with E-state index in [0.717, 1.165) is 0 Å². The standard InChI is InChI=1S/C80H85N23O15S/c1-43(104)85-57(19-22-83-72(109)59-29-46(37-98(59)5)87-74(111)61-30-47(38-100(61)7)88-75(112)62-32-49(40-101(62)8)90-77(114)68-81-23-26-96(68)3)70(107)94-66-42-103(10)69(93-66)78(115)91-50-33-63(102(9)41-50)76(113)89-48-31-60(99(6)39-48)73(110)86-45-28-58(97(4)36-45)71(108)82-20-11-24-95(2)25-12-21-84-80(119)92-44-13-16-53(56(27-44)79(116)117)67-54-17-14-51(105)34-64(54)118-65-35-52(106)15-18-55(65)67/h13-18,23,26-42,57,105H,11-12,19-22,24-25H2,1-10H3,(H,82,108)(H,83,109)(H,85,104)(H,86,110)(H,87,111)(H,88,112)(H,89,113)(H,90,114)(H,91,115)(H,94,107)(H,116,117)(H2,84,92,119)/t57-/m1/s1. The van der Waals surface area contributed by atoms with Crippen molar-refractivity contribution < 1.29 is 67.4 Å². The van der Waals surface area contributed by atoms with Crippen molar-refractivity contribution in [3.63, 3.8) is 0 Å². The van der Waals surface area contributed by atoms with Crippen molar-refractivity contribution in [1.29, 1.82) is 0 Å². The van der Waals surface area contributed by atoms with Crippen molar-refractivity contribution in [2.24, 2.45) is 56.4 Å². The lowest BCUT2D eigenvalue weighted by atomic mass is 9.90. The van der Waals surface area contributed by atoms with E-state index in [0.29, 0.717) is 89.5 Å². The lowest BCUT2D eigenvalue weighted by Crippen LogP contribution is -2.45. The van der Waals surface area contributed by atoms with E-state index in [-0.39, 0.29) is 115 Å². The maximum atomic E-state index is 13.7. The molecule has 119 heavy (non-hydrogen) atoms. The molecule has 0 bridgehead atoms. The van der Waals surface area contributed by atoms with Crippen LogP contribution in [0.3, 0.4) is 0 Å². The number of anilines is 8. The molecule has 12 rings (SSSR count). The number of carboxylic acids is 1. The number of carbonyl (C=O) groups is 11. The maximum Gasteiger partial charge on any atom is 0.336 e. The minimum absolute atomic E-state index is 0.0283. The van der Waals surface area contributed by atoms with Crippen LogP contribution in [0.15, 0.2) is 156 Å². The molecular formula is C80H85N23O15S. The molecule has 10 amide bonds. The predicted molar refractivity (Wildman–Crippen MR) is 446 cm³/mol. The van der Waals surface area contributed by atoms with Gasteiger partial charge in [0.25, 0.3) is 47.3 Å². The molecule has 0 saturated carbocycles. The zero-order valence-electron chi connectivity index (χ0n) is 66.1. The number of aromatic nitrogens is 10. The summed E-state index contributed by atoms with van der Waals surface area (Å²) in [6.07, 6.45) is 15.0. The number of nitrogens with zero attached hydrogens (tertiary/aromatic N) is 11. The molecule has 14 N–H and O–H groups in total. The smallest absolute Gasteiger partial charge is 0.336 e. The van der Waals surface area contributed by atoms with Gasteiger partial charge in [0.15, 0.2) is 22.2 Å². The Labute approximate surface area is 683 Å². The minimum Gasteiger partial charge on any atom is -0.508 e. The number of carboxylic acid groups (broad SMARTS) is 1. The summed E-state index contributed by atoms with van der Waals surface area (Å²) in [6.45, 7) is 3.34. The van der Waals surface area contributed by atoms with E-state index in [9.17, 15) is 67.7 Å². The number of benzene rings is 3. The molecule has 2 aromatic carbocycles. The number of amides is 10. The third-order valence-corrected chi connectivity index (χ3v) is 19.4. The van der Waals surface area contributed by atoms with E-state index in [1.807, 2.05) is 7.05 Å². The van der Waals surface area contributed by atoms with Crippen molar-refractivity contribution in [1.82, 2.24) is 72.7 Å². The Balaban J connectivity index is 0.550. The van der Waals surface area contributed by atoms with Gasteiger partial charge in [0, 0.05) is 173 Å². The van der Waals surface area contributed by atoms with Crippen LogP contribution in [-0.2, 0) is 66.0 Å². The van der Waals surface area contributed by atoms with E-state index in [1.54, 1.807) is 120 Å². The van der Waals surface area contributed by atoms with Gasteiger partial charge in [-0.2, -0.15) is 0 Å². The number of aromatic hydroxyl groups is 1. The molecule has 10 aromatic rings. The van der Waals surface area contributed by atoms with Gasteiger partial charge in [-0.05, 0) is 130 Å². The molecule has 0 saturated heterocycles. The zero-order valence-corrected chi connectivity index (χ0v) is 66.9. The summed E-state index contributed by atoms with van der Waals surface area (Å²) in [5, 5.41) is 55.0. The summed E-state index contributed by atoms with van der Waals surface area (Å²) in [6, 6.07) is 21.3. The highest BCUT2D eigenvalue weighted by Crippen LogP contribution is 2.43. The molecule has 1 aliphatic heterocycles. The summed E-state index contributed by atoms with van der Waals surface area (Å²) >= 11 is 5.55. The number of aryl methyl sites for hydroxylation is 8. The number of hydrogen-bond acceptors (Lipinski definition) is 18. The van der Waals surface area contributed by atoms with Gasteiger partial charge in [0.1, 0.15) is 57.3 Å². The molecule has 0 unspecified atom stereocenters. The summed E-state index contributed by atoms with van der Waals surface area (Å²) in [4.78, 5) is 169. The molecular weight excluding hydrogens is 1560 g/mol. The second-order valence-electron chi connectivity index (χ2n) is 28.3. The first kappa shape index (κ1) is 83.3. The van der Waals surface area contributed by atoms with Crippen molar-refractivity contribution in [2.45, 2.75) is 32.2 Å². The minimum atomic E-state index is -1.19. The van der Waals surface area contributed by atoms with Crippen molar-refractivity contribution >= 4 is 139 Å². The van der Waals surface area contributed by atoms with Gasteiger partial charge < -0.3 is 120 Å². The van der Waals surface area contributed by atoms with Crippen LogP contribution < -0.4 is 69.2 Å². The summed E-state index contributed by atoms with van der Waals surface area (Å²) in [7, 11) is 14.9. The van der Waals surface area contributed by atoms with Crippen LogP contribution in [-0.4, -0.2) is 178 Å². The molecule has 8 aromatic heterocycles. The first-order chi connectivity index (χ1) is 56.7. The van der Waals surface area contributed by atoms with Crippen molar-refractivity contribution in [3.8, 4) is 28.2 Å². The van der Waals surface area contributed by atoms with E-state index in [4.69, 9.17) is 16.6 Å². The molecule has 0 radical (unpaired) electrons. The number of aromatic carboxylic acids is 1. The van der Waals surface area contributed by atoms with E-state index >= 15 is 0 Å². The van der Waals surface area contributed by atoms with Crippen molar-refractivity contribution in [3.05, 3.63) is 208 Å². The monoisotopic (exact) mass is 1640 g/mol. The number of phenolic OH excluding ortho intramolecular Hbond substituents is 1. The third kappa shape index (κ3) is 19.8. The first-order valence-corrected chi connectivity index (χ1v) is 37.4. The topological polar surface area (TPSA) is 471 Å². The fraction of sp³-hybridized carbons (Fsp3) is 0.237. The Morgan fingerprint density at radius 1 is 0.479 bits per heavy atom. The van der Waals surface area contributed by atoms with Crippen LogP contribution in [0.2, 0.25) is 0 Å². The highest BCUT2D eigenvalue weighted by Gasteiger charge is 2.28. The van der Waals surface area contributed by atoms with Crippen molar-refractivity contribution in [2.75, 3.05) is 82.3 Å². The van der Waals surface area contributed by atoms with Crippen LogP contribution >= 0.6 is 12.2 Å². The largest absolute Gasteiger partial charge is 0.508 e. The molecule has 38 nitrogen and oxygen atoms in total. The number of fused-ring (bicyclic) bond motifs is 2. The van der Waals surface area contributed by atoms with E-state index in [1.165, 1.54) is 127 Å². The lowest BCUT2D eigenvalue weighted by molar-refractivity contribution is -0.125. The van der Waals surface area contributed by atoms with Gasteiger partial charge in [-0.25, -0.2) is 14.8 Å². The molecule has 616 valence electrons. The third-order valence-electron chi connectivity index (χ3n) is 19.2. The fourth-order valence-electron chi connectivity index (χ4n) is 13.4. The number of nitrogens with one attached hydrogen (secondary N) is 12. The second kappa shape index (κ2) is 35.7. The van der Waals surface area contributed by atoms with E-state index < -0.39 is 65.2 Å². The van der Waals surface area contributed by atoms with Gasteiger partial charge in [0.05, 0.1) is 39.7 Å². The number of rotatable bonds is 31. The highest BCUT2D eigenvalue weighted by atomic mass is 32.1. The van der Waals surface area contributed by atoms with Crippen LogP contribution in [0.1, 0.15) is 121 Å². The number of carbonyl (C=O) groups excluding carboxylic acids is 10. The quantitative estimate of drug-likeness (QED) is 0.0122. The van der Waals surface area contributed by atoms with Crippen LogP contribution in [0.5, 0.6) is 5.75 Å². The van der Waals surface area contributed by atoms with Crippen LogP contribution in [0.4, 0.5) is 45.6 Å². The van der Waals surface area contributed by atoms with Crippen LogP contribution in [0, 0.1) is 0 Å². The predicted octanol–water partition coefficient (Wildman–Crippen LogP) is 6.67. The Kier molecular flexibility index (Phi) is 25.0. The van der Waals surface area contributed by atoms with E-state index in [2.05, 4.69) is 78.7 Å². The molecule has 2 aliphatic rings. The average Bonchev–Trinajstić information content (AvgIpc) is 1.36. The summed E-state index contributed by atoms with van der Waals surface area (Å²) in [5.74, 6) is -6.53. The molecule has 39 heteroatoms. The van der Waals surface area contributed by atoms with Gasteiger partial charge in [-0.3, -0.25) is 52.7 Å². The number of phenols is 1. The summed E-state index contributed by atoms with van der Waals surface area (Å²) in [5.41, 5.74) is 4.70. The normalized spacial score (nSPS) is 11.4. The molecule has 1 atom stereocenters. The number of hydrogen-bond donors (Lipinski definition) is 14. The summed E-state index contributed by atoms with van der Waals surface area (Å²) < 4.78 is 18.0. The molecule has 9 heterocycles. The Hall–Kier alpha value is -15.2. The second-order valence-corrected chi connectivity index (χ2v) is 28.7. The Morgan fingerprint density at radius 2 is 0.933 bits per heavy atom. The zero-order chi connectivity index (χ0) is 85.4. The van der Waals surface area contributed by atoms with Gasteiger partial charge in [0.2, 0.25) is 17.6 Å². The van der Waals surface area contributed by atoms with Gasteiger partial charge in [-0.1, -0.05) is 6.07 Å². The number of thiocarbonyl (C=S) groups is 1. The van der Waals surface area contributed by atoms with Gasteiger partial charge >= 0.3 is 5.97 Å².